The van der Waals surface area contributed by atoms with Crippen LogP contribution in [0.25, 0.3) is 33.7 Å². The van der Waals surface area contributed by atoms with Crippen molar-refractivity contribution in [3.63, 3.8) is 0 Å². The maximum atomic E-state index is 13.1. The molecule has 8 N–H and O–H groups in total. The molecule has 0 aliphatic rings. The fourth-order valence-corrected chi connectivity index (χ4v) is 8.17. The molecular weight excluding hydrogens is 1050 g/mol. The van der Waals surface area contributed by atoms with E-state index in [9.17, 15) is 35.9 Å². The largest absolute Gasteiger partial charge is 0.416 e. The minimum Gasteiger partial charge on any atom is -0.395 e. The predicted molar refractivity (Wildman–Crippen MR) is 292 cm³/mol. The lowest BCUT2D eigenvalue weighted by Gasteiger charge is -2.14. The molecule has 408 valence electrons. The van der Waals surface area contributed by atoms with Gasteiger partial charge in [-0.1, -0.05) is 48.5 Å². The van der Waals surface area contributed by atoms with Gasteiger partial charge in [0.2, 0.25) is 11.9 Å². The van der Waals surface area contributed by atoms with Crippen LogP contribution in [0.4, 0.5) is 72.6 Å². The molecule has 0 unspecified atom stereocenters. The highest BCUT2D eigenvalue weighted by Gasteiger charge is 2.32. The summed E-state index contributed by atoms with van der Waals surface area (Å²) >= 11 is 0. The lowest BCUT2D eigenvalue weighted by molar-refractivity contribution is -0.138. The molecule has 0 saturated carbocycles. The number of imidazole rings is 2. The number of aliphatic hydroxyl groups excluding tert-OH is 2. The summed E-state index contributed by atoms with van der Waals surface area (Å²) in [6.07, 6.45) is -6.30. The number of benzene rings is 6. The zero-order valence-corrected chi connectivity index (χ0v) is 42.4. The van der Waals surface area contributed by atoms with Crippen molar-refractivity contribution in [3.8, 4) is 11.6 Å². The molecule has 0 spiro atoms. The lowest BCUT2D eigenvalue weighted by atomic mass is 10.1. The number of halogens is 6. The van der Waals surface area contributed by atoms with Crippen molar-refractivity contribution in [2.45, 2.75) is 26.2 Å². The Labute approximate surface area is 451 Å². The molecule has 0 atom stereocenters. The molecular formula is C56H48F6N14O4. The number of nitrogens with zero attached hydrogens (tertiary/aromatic N) is 8. The number of alkyl halides is 6. The number of nitrogens with one attached hydrogen (secondary N) is 6. The first-order valence-corrected chi connectivity index (χ1v) is 24.5. The van der Waals surface area contributed by atoms with E-state index >= 15 is 0 Å². The number of carbonyl (C=O) groups excluding carboxylic acids is 2. The van der Waals surface area contributed by atoms with E-state index in [1.165, 1.54) is 36.9 Å². The number of aliphatic hydroxyl groups is 2. The van der Waals surface area contributed by atoms with Crippen molar-refractivity contribution < 1.29 is 46.1 Å². The van der Waals surface area contributed by atoms with Gasteiger partial charge in [0, 0.05) is 59.1 Å². The van der Waals surface area contributed by atoms with Crippen LogP contribution in [0.15, 0.2) is 158 Å². The van der Waals surface area contributed by atoms with E-state index < -0.39 is 35.3 Å². The first kappa shape index (κ1) is 54.8. The van der Waals surface area contributed by atoms with Crippen molar-refractivity contribution in [2.75, 3.05) is 58.2 Å². The fraction of sp³-hybridized carbons (Fsp3) is 0.143. The number of anilines is 8. The van der Waals surface area contributed by atoms with Crippen LogP contribution in [0.1, 0.15) is 43.0 Å². The number of hydrogen-bond acceptors (Lipinski definition) is 14. The van der Waals surface area contributed by atoms with E-state index in [2.05, 4.69) is 51.8 Å². The number of para-hydroxylation sites is 4. The summed E-state index contributed by atoms with van der Waals surface area (Å²) in [4.78, 5) is 52.2. The second-order valence-corrected chi connectivity index (χ2v) is 17.7. The number of aromatic nitrogens is 8. The Morgan fingerprint density at radius 1 is 0.500 bits per heavy atom. The van der Waals surface area contributed by atoms with E-state index in [0.717, 1.165) is 46.4 Å². The Bertz CT molecular complexity index is 3620. The second-order valence-electron chi connectivity index (χ2n) is 17.7. The van der Waals surface area contributed by atoms with Gasteiger partial charge < -0.3 is 42.1 Å². The summed E-state index contributed by atoms with van der Waals surface area (Å²) in [5.74, 6) is 1.65. The summed E-state index contributed by atoms with van der Waals surface area (Å²) in [6, 6.07) is 37.2. The van der Waals surface area contributed by atoms with Crippen LogP contribution in [0, 0.1) is 13.8 Å². The average Bonchev–Trinajstić information content (AvgIpc) is 4.12. The minimum absolute atomic E-state index is 0.0555. The number of hydrogen-bond donors (Lipinski definition) is 8. The number of fused-ring (bicyclic) bond motifs is 2. The van der Waals surface area contributed by atoms with Crippen LogP contribution in [-0.4, -0.2) is 87.4 Å². The Morgan fingerprint density at radius 2 is 0.912 bits per heavy atom. The highest BCUT2D eigenvalue weighted by Crippen LogP contribution is 2.34. The zero-order chi connectivity index (χ0) is 56.6. The van der Waals surface area contributed by atoms with Gasteiger partial charge >= 0.3 is 12.4 Å². The summed E-state index contributed by atoms with van der Waals surface area (Å²) in [6.45, 7) is 4.28. The lowest BCUT2D eigenvalue weighted by Crippen LogP contribution is -2.14. The standard InChI is InChI=1S/2C28H24F3N7O2/c2*1-17-9-10-20(35-26(40)18-5-4-6-19(13-18)28(29,30)31)14-22(17)37-27-36-21-7-2-3-8-23(21)38(27)25-15-24(32-11-12-39)33-16-34-25/h2*2-10,13-16,39H,11-12H2,1H3,(H,35,40)(H,36,37)(H,32,33,34). The van der Waals surface area contributed by atoms with Crippen molar-refractivity contribution in [2.24, 2.45) is 0 Å². The first-order valence-electron chi connectivity index (χ1n) is 24.5. The molecule has 24 heteroatoms. The molecule has 4 heterocycles. The van der Waals surface area contributed by atoms with Crippen LogP contribution in [0.5, 0.6) is 0 Å². The quantitative estimate of drug-likeness (QED) is 0.0421. The summed E-state index contributed by atoms with van der Waals surface area (Å²) in [5.41, 5.74) is 4.64. The maximum absolute atomic E-state index is 13.1. The van der Waals surface area contributed by atoms with Crippen molar-refractivity contribution >= 4 is 80.2 Å². The van der Waals surface area contributed by atoms with Gasteiger partial charge in [-0.25, -0.2) is 29.9 Å². The van der Waals surface area contributed by atoms with Gasteiger partial charge in [0.1, 0.15) is 35.9 Å². The van der Waals surface area contributed by atoms with E-state index in [0.29, 0.717) is 82.0 Å². The predicted octanol–water partition coefficient (Wildman–Crippen LogP) is 11.1. The minimum atomic E-state index is -4.55. The Balaban J connectivity index is 0.000000194. The third kappa shape index (κ3) is 12.9. The van der Waals surface area contributed by atoms with Gasteiger partial charge in [-0.2, -0.15) is 26.3 Å². The highest BCUT2D eigenvalue weighted by atomic mass is 19.4. The first-order chi connectivity index (χ1) is 38.4. The molecule has 0 fully saturated rings. The summed E-state index contributed by atoms with van der Waals surface area (Å²) in [5, 5.41) is 36.3. The molecule has 0 bridgehead atoms. The second kappa shape index (κ2) is 23.7. The van der Waals surface area contributed by atoms with Crippen LogP contribution < -0.4 is 31.9 Å². The van der Waals surface area contributed by atoms with Gasteiger partial charge in [-0.3, -0.25) is 18.7 Å². The van der Waals surface area contributed by atoms with Crippen LogP contribution in [-0.2, 0) is 12.4 Å². The third-order valence-electron chi connectivity index (χ3n) is 12.1. The normalized spacial score (nSPS) is 11.4. The molecule has 10 aromatic rings. The monoisotopic (exact) mass is 1090 g/mol. The SMILES string of the molecule is Cc1ccc(NC(=O)c2cccc(C(F)(F)F)c2)cc1Nc1nc2ccccc2n1-c1cc(NCCO)ncn1.Cc1ccc(NC(=O)c2cccc(C(F)(F)F)c2)cc1Nc1nc2ccccc2n1-c1cc(NCCO)ncn1. The van der Waals surface area contributed by atoms with Crippen molar-refractivity contribution in [1.82, 2.24) is 39.0 Å². The third-order valence-corrected chi connectivity index (χ3v) is 12.1. The number of rotatable bonds is 16. The molecule has 0 saturated heterocycles. The molecule has 10 rings (SSSR count). The number of amides is 2. The van der Waals surface area contributed by atoms with E-state index in [4.69, 9.17) is 20.2 Å². The van der Waals surface area contributed by atoms with Crippen LogP contribution >= 0.6 is 0 Å². The molecule has 6 aromatic carbocycles. The Morgan fingerprint density at radius 3 is 1.31 bits per heavy atom. The topological polar surface area (TPSA) is 234 Å². The molecule has 0 aliphatic carbocycles. The van der Waals surface area contributed by atoms with Crippen LogP contribution in [0.3, 0.4) is 0 Å². The fourth-order valence-electron chi connectivity index (χ4n) is 8.17. The molecule has 18 nitrogen and oxygen atoms in total. The van der Waals surface area contributed by atoms with E-state index in [-0.39, 0.29) is 24.3 Å². The molecule has 4 aromatic heterocycles. The number of carbonyl (C=O) groups is 2. The molecule has 0 radical (unpaired) electrons. The van der Waals surface area contributed by atoms with E-state index in [1.54, 1.807) is 48.5 Å². The molecule has 2 amide bonds. The van der Waals surface area contributed by atoms with Gasteiger partial charge in [-0.05, 0) is 110 Å². The van der Waals surface area contributed by atoms with E-state index in [1.807, 2.05) is 71.5 Å². The number of aryl methyl sites for hydroxylation is 2. The average molecular weight is 1100 g/mol. The molecule has 0 aliphatic heterocycles. The van der Waals surface area contributed by atoms with Gasteiger partial charge in [0.15, 0.2) is 0 Å². The molecule has 80 heavy (non-hydrogen) atoms. The van der Waals surface area contributed by atoms with Gasteiger partial charge in [0.25, 0.3) is 11.8 Å². The Kier molecular flexibility index (Phi) is 16.3. The smallest absolute Gasteiger partial charge is 0.395 e. The summed E-state index contributed by atoms with van der Waals surface area (Å²) < 4.78 is 82.2. The van der Waals surface area contributed by atoms with Crippen molar-refractivity contribution in [3.05, 3.63) is 192 Å². The zero-order valence-electron chi connectivity index (χ0n) is 42.4. The Hall–Kier alpha value is -9.94. The van der Waals surface area contributed by atoms with Gasteiger partial charge in [0.05, 0.1) is 46.4 Å². The van der Waals surface area contributed by atoms with Crippen LogP contribution in [0.2, 0.25) is 0 Å². The van der Waals surface area contributed by atoms with Gasteiger partial charge in [-0.15, -0.1) is 0 Å². The van der Waals surface area contributed by atoms with Crippen molar-refractivity contribution in [1.29, 1.82) is 0 Å². The maximum Gasteiger partial charge on any atom is 0.416 e. The highest BCUT2D eigenvalue weighted by molar-refractivity contribution is 6.05. The summed E-state index contributed by atoms with van der Waals surface area (Å²) in [7, 11) is 0.